The number of hydrogen-bond donors (Lipinski definition) is 0. The van der Waals surface area contributed by atoms with Gasteiger partial charge in [-0.1, -0.05) is 164 Å². The van der Waals surface area contributed by atoms with Gasteiger partial charge in [0.15, 0.2) is 0 Å². The van der Waals surface area contributed by atoms with Crippen molar-refractivity contribution in [2.24, 2.45) is 0 Å². The number of para-hydroxylation sites is 2. The van der Waals surface area contributed by atoms with E-state index in [1.54, 1.807) is 0 Å². The quantitative estimate of drug-likeness (QED) is 0.129. The van der Waals surface area contributed by atoms with Gasteiger partial charge in [-0.15, -0.1) is 0 Å². The molecule has 2 nitrogen and oxygen atoms in total. The van der Waals surface area contributed by atoms with Crippen LogP contribution >= 0.6 is 0 Å². The van der Waals surface area contributed by atoms with Crippen LogP contribution in [0.2, 0.25) is 0 Å². The van der Waals surface area contributed by atoms with Crippen molar-refractivity contribution in [3.8, 4) is 22.3 Å². The van der Waals surface area contributed by atoms with Gasteiger partial charge in [0.2, 0.25) is 0 Å². The summed E-state index contributed by atoms with van der Waals surface area (Å²) in [5.74, 6) is 0. The Morgan fingerprint density at radius 3 is 1.16 bits per heavy atom. The van der Waals surface area contributed by atoms with Crippen LogP contribution in [0, 0.1) is 13.8 Å². The van der Waals surface area contributed by atoms with E-state index in [1.807, 2.05) is 0 Å². The number of rotatable bonds is 4. The Hall–Kier alpha value is -8.40. The van der Waals surface area contributed by atoms with Gasteiger partial charge in [0.1, 0.15) is 0 Å². The second-order valence-electron chi connectivity index (χ2n) is 18.9. The average Bonchev–Trinajstić information content (AvgIpc) is 3.37. The molecule has 0 aromatic heterocycles. The molecule has 0 saturated heterocycles. The second kappa shape index (κ2) is 13.6. The molecule has 0 saturated carbocycles. The van der Waals surface area contributed by atoms with E-state index in [9.17, 15) is 0 Å². The predicted octanol–water partition coefficient (Wildman–Crippen LogP) is 15.5. The van der Waals surface area contributed by atoms with E-state index in [2.05, 4.69) is 236 Å². The van der Waals surface area contributed by atoms with Gasteiger partial charge in [-0.3, -0.25) is 0 Å². The Morgan fingerprint density at radius 1 is 0.299 bits per heavy atom. The average molecular weight is 849 g/mol. The van der Waals surface area contributed by atoms with E-state index in [0.717, 1.165) is 11.4 Å². The van der Waals surface area contributed by atoms with Crippen LogP contribution < -0.4 is 26.2 Å². The zero-order valence-corrected chi connectivity index (χ0v) is 37.2. The molecule has 0 radical (unpaired) electrons. The molecule has 2 aliphatic heterocycles. The highest BCUT2D eigenvalue weighted by atomic mass is 15.2. The lowest BCUT2D eigenvalue weighted by atomic mass is 9.32. The van der Waals surface area contributed by atoms with E-state index in [0.29, 0.717) is 0 Å². The lowest BCUT2D eigenvalue weighted by Gasteiger charge is -2.45. The van der Waals surface area contributed by atoms with Gasteiger partial charge < -0.3 is 9.80 Å². The van der Waals surface area contributed by atoms with Crippen molar-refractivity contribution in [3.05, 3.63) is 223 Å². The van der Waals surface area contributed by atoms with E-state index in [-0.39, 0.29) is 6.71 Å². The molecular weight excluding hydrogens is 808 g/mol. The third-order valence-corrected chi connectivity index (χ3v) is 15.3. The molecule has 0 bridgehead atoms. The summed E-state index contributed by atoms with van der Waals surface area (Å²) in [6.45, 7) is 4.50. The maximum Gasteiger partial charge on any atom is 0.253 e. The molecular formula is C64H41BN2. The van der Waals surface area contributed by atoms with Crippen molar-refractivity contribution in [2.45, 2.75) is 13.8 Å². The van der Waals surface area contributed by atoms with Gasteiger partial charge in [0.25, 0.3) is 6.71 Å². The summed E-state index contributed by atoms with van der Waals surface area (Å²) in [5, 5.41) is 15.7. The lowest BCUT2D eigenvalue weighted by molar-refractivity contribution is 1.26. The van der Waals surface area contributed by atoms with Gasteiger partial charge in [-0.25, -0.2) is 0 Å². The molecule has 0 N–H and O–H groups in total. The summed E-state index contributed by atoms with van der Waals surface area (Å²) < 4.78 is 0. The molecule has 0 unspecified atom stereocenters. The fourth-order valence-electron chi connectivity index (χ4n) is 12.7. The van der Waals surface area contributed by atoms with Crippen LogP contribution in [0.25, 0.3) is 86.9 Å². The summed E-state index contributed by atoms with van der Waals surface area (Å²) in [6.07, 6.45) is 0. The fraction of sp³-hybridized carbons (Fsp3) is 0.0312. The van der Waals surface area contributed by atoms with Crippen molar-refractivity contribution in [3.63, 3.8) is 0 Å². The highest BCUT2D eigenvalue weighted by molar-refractivity contribution is 7.03. The Kier molecular flexibility index (Phi) is 7.47. The third kappa shape index (κ3) is 5.06. The molecule has 0 spiro atoms. The van der Waals surface area contributed by atoms with Crippen molar-refractivity contribution >= 4 is 122 Å². The first-order chi connectivity index (χ1) is 33.1. The van der Waals surface area contributed by atoms with Crippen LogP contribution in [0.3, 0.4) is 0 Å². The molecule has 2 aliphatic rings. The van der Waals surface area contributed by atoms with Gasteiger partial charge >= 0.3 is 0 Å². The Morgan fingerprint density at radius 2 is 0.701 bits per heavy atom. The Bertz CT molecular complexity index is 3900. The number of nitrogens with zero attached hydrogens (tertiary/aromatic N) is 2. The largest absolute Gasteiger partial charge is 0.311 e. The molecule has 0 amide bonds. The van der Waals surface area contributed by atoms with Crippen molar-refractivity contribution in [1.82, 2.24) is 0 Å². The summed E-state index contributed by atoms with van der Waals surface area (Å²) in [4.78, 5) is 5.19. The fourth-order valence-corrected chi connectivity index (χ4v) is 12.7. The smallest absolute Gasteiger partial charge is 0.253 e. The van der Waals surface area contributed by atoms with Crippen molar-refractivity contribution < 1.29 is 0 Å². The van der Waals surface area contributed by atoms with E-state index in [4.69, 9.17) is 0 Å². The number of aryl methyl sites for hydroxylation is 2. The van der Waals surface area contributed by atoms with Gasteiger partial charge in [-0.05, 0) is 177 Å². The molecule has 2 heterocycles. The van der Waals surface area contributed by atoms with Gasteiger partial charge in [-0.2, -0.15) is 0 Å². The standard InChI is InChI=1S/C64H41BN2/c1-38-32-47(40-14-6-3-7-15-40)33-39(2)57(38)48-36-55-64-56(37-48)67(50-22-10-5-11-23-50)54-35-46-27-25-42-17-13-19-44-29-31-52(61(46)59(42)44)63(54)65(64)62-51-30-28-43-18-12-16-41-24-26-45(60(51)58(41)43)34-53(62)66(55)49-20-8-4-9-21-49/h3-37H,1-2H3. The normalized spacial score (nSPS) is 13.1. The highest BCUT2D eigenvalue weighted by Crippen LogP contribution is 2.51. The van der Waals surface area contributed by atoms with Gasteiger partial charge in [0, 0.05) is 34.1 Å². The molecule has 3 heteroatoms. The summed E-state index contributed by atoms with van der Waals surface area (Å²) >= 11 is 0. The topological polar surface area (TPSA) is 6.48 Å². The molecule has 67 heavy (non-hydrogen) atoms. The first kappa shape index (κ1) is 36.9. The molecule has 0 aliphatic carbocycles. The van der Waals surface area contributed by atoms with Gasteiger partial charge in [0.05, 0.1) is 0 Å². The molecule has 13 aromatic rings. The van der Waals surface area contributed by atoms with Crippen LogP contribution in [0.5, 0.6) is 0 Å². The van der Waals surface area contributed by atoms with E-state index < -0.39 is 0 Å². The zero-order chi connectivity index (χ0) is 44.1. The Balaban J connectivity index is 1.14. The molecule has 310 valence electrons. The number of hydrogen-bond acceptors (Lipinski definition) is 2. The van der Waals surface area contributed by atoms with Crippen LogP contribution in [-0.2, 0) is 0 Å². The molecule has 13 aromatic carbocycles. The lowest BCUT2D eigenvalue weighted by Crippen LogP contribution is -2.61. The predicted molar refractivity (Wildman–Crippen MR) is 288 cm³/mol. The van der Waals surface area contributed by atoms with Crippen LogP contribution in [0.1, 0.15) is 11.1 Å². The van der Waals surface area contributed by atoms with Crippen LogP contribution in [0.15, 0.2) is 212 Å². The molecule has 15 rings (SSSR count). The maximum absolute atomic E-state index is 2.59. The van der Waals surface area contributed by atoms with Crippen LogP contribution in [-0.4, -0.2) is 6.71 Å². The number of benzene rings is 13. The third-order valence-electron chi connectivity index (χ3n) is 15.3. The minimum atomic E-state index is -0.0826. The summed E-state index contributed by atoms with van der Waals surface area (Å²) in [6, 6.07) is 80.2. The first-order valence-electron chi connectivity index (χ1n) is 23.5. The van der Waals surface area contributed by atoms with Crippen LogP contribution in [0.4, 0.5) is 34.1 Å². The van der Waals surface area contributed by atoms with E-state index >= 15 is 0 Å². The minimum Gasteiger partial charge on any atom is -0.311 e. The number of fused-ring (bicyclic) bond motifs is 6. The summed E-state index contributed by atoms with van der Waals surface area (Å²) in [5.41, 5.74) is 18.7. The summed E-state index contributed by atoms with van der Waals surface area (Å²) in [7, 11) is 0. The second-order valence-corrected chi connectivity index (χ2v) is 18.9. The Labute approximate surface area is 389 Å². The van der Waals surface area contributed by atoms with Crippen molar-refractivity contribution in [2.75, 3.05) is 9.80 Å². The molecule has 0 fully saturated rings. The highest BCUT2D eigenvalue weighted by Gasteiger charge is 2.46. The SMILES string of the molecule is Cc1cc(-c2ccccc2)cc(C)c1-c1cc2c3c(c1)N(c1ccccc1)c1cc4ccc5cccc6ccc(c1B3c1c(cc3ccc7cccc8ccc1c3c78)N2c1ccccc1)c4c56. The maximum atomic E-state index is 2.59. The van der Waals surface area contributed by atoms with E-state index in [1.165, 1.54) is 137 Å². The monoisotopic (exact) mass is 848 g/mol. The zero-order valence-electron chi connectivity index (χ0n) is 37.2. The van der Waals surface area contributed by atoms with Crippen molar-refractivity contribution in [1.29, 1.82) is 0 Å². The molecule has 0 atom stereocenters. The first-order valence-corrected chi connectivity index (χ1v) is 23.5. The number of anilines is 6. The minimum absolute atomic E-state index is 0.0826.